The fraction of sp³-hybridized carbons (Fsp3) is 0.269. The molecule has 2 fully saturated rings. The lowest BCUT2D eigenvalue weighted by Gasteiger charge is -2.26. The van der Waals surface area contributed by atoms with Crippen molar-refractivity contribution < 1.29 is 14.4 Å². The first-order chi connectivity index (χ1) is 16.1. The molecular weight excluding hydrogens is 434 g/mol. The van der Waals surface area contributed by atoms with Crippen molar-refractivity contribution >= 4 is 29.2 Å². The summed E-state index contributed by atoms with van der Waals surface area (Å²) in [5.41, 5.74) is 1.68. The molecule has 33 heavy (non-hydrogen) atoms. The van der Waals surface area contributed by atoms with E-state index in [1.165, 1.54) is 0 Å². The van der Waals surface area contributed by atoms with Gasteiger partial charge in [0.15, 0.2) is 0 Å². The van der Waals surface area contributed by atoms with Gasteiger partial charge in [-0.3, -0.25) is 14.5 Å². The number of carbonyl (C=O) groups is 3. The number of nitrogens with zero attached hydrogens (tertiary/aromatic N) is 3. The summed E-state index contributed by atoms with van der Waals surface area (Å²) in [6.45, 7) is 0.721. The Morgan fingerprint density at radius 1 is 0.939 bits per heavy atom. The Bertz CT molecular complexity index is 1130. The molecule has 2 saturated heterocycles. The molecule has 5 rings (SSSR count). The van der Waals surface area contributed by atoms with Crippen LogP contribution in [0.25, 0.3) is 0 Å². The average molecular weight is 460 g/mol. The Morgan fingerprint density at radius 3 is 2.36 bits per heavy atom. The third kappa shape index (κ3) is 4.16. The van der Waals surface area contributed by atoms with Crippen LogP contribution in [0.3, 0.4) is 0 Å². The molecule has 4 amide bonds. The van der Waals surface area contributed by atoms with E-state index >= 15 is 0 Å². The minimum Gasteiger partial charge on any atom is -0.333 e. The molecule has 2 atom stereocenters. The van der Waals surface area contributed by atoms with Crippen LogP contribution in [-0.4, -0.2) is 45.6 Å². The maximum atomic E-state index is 13.5. The summed E-state index contributed by atoms with van der Waals surface area (Å²) >= 11 is 1.63. The van der Waals surface area contributed by atoms with Gasteiger partial charge in [-0.15, -0.1) is 11.3 Å². The lowest BCUT2D eigenvalue weighted by molar-refractivity contribution is -0.138. The van der Waals surface area contributed by atoms with Gasteiger partial charge in [-0.1, -0.05) is 66.7 Å². The zero-order valence-electron chi connectivity index (χ0n) is 18.2. The van der Waals surface area contributed by atoms with Crippen LogP contribution in [0.4, 0.5) is 4.79 Å². The van der Waals surface area contributed by atoms with Gasteiger partial charge in [-0.05, 0) is 35.4 Å². The Labute approximate surface area is 197 Å². The number of rotatable bonds is 6. The molecule has 2 aromatic carbocycles. The summed E-state index contributed by atoms with van der Waals surface area (Å²) in [4.78, 5) is 45.8. The Kier molecular flexibility index (Phi) is 5.96. The average Bonchev–Trinajstić information content (AvgIpc) is 3.58. The first-order valence-corrected chi connectivity index (χ1v) is 12.0. The smallest absolute Gasteiger partial charge is 0.328 e. The highest BCUT2D eigenvalue weighted by molar-refractivity contribution is 7.10. The van der Waals surface area contributed by atoms with Crippen LogP contribution in [-0.2, 0) is 16.1 Å². The molecule has 0 radical (unpaired) electrons. The second kappa shape index (κ2) is 9.19. The van der Waals surface area contributed by atoms with Gasteiger partial charge < -0.3 is 9.80 Å². The van der Waals surface area contributed by atoms with E-state index in [1.54, 1.807) is 16.2 Å². The molecule has 2 aliphatic rings. The van der Waals surface area contributed by atoms with Gasteiger partial charge in [0.1, 0.15) is 12.6 Å². The standard InChI is InChI=1S/C26H25N3O3S/c30-23(27-15-7-13-21(27)22-14-8-16-33-22)18-29-25(31)24(20-11-5-2-6-12-20)28(26(29)32)17-19-9-3-1-4-10-19/h1-6,8-12,14,16,21,24H,7,13,15,17-18H2. The highest BCUT2D eigenvalue weighted by atomic mass is 32.1. The number of urea groups is 1. The highest BCUT2D eigenvalue weighted by Gasteiger charge is 2.47. The monoisotopic (exact) mass is 459 g/mol. The van der Waals surface area contributed by atoms with E-state index in [2.05, 4.69) is 0 Å². The first-order valence-electron chi connectivity index (χ1n) is 11.2. The molecule has 0 saturated carbocycles. The molecule has 0 bridgehead atoms. The minimum absolute atomic E-state index is 0.0237. The zero-order chi connectivity index (χ0) is 22.8. The maximum absolute atomic E-state index is 13.5. The predicted octanol–water partition coefficient (Wildman–Crippen LogP) is 4.62. The minimum atomic E-state index is -0.738. The van der Waals surface area contributed by atoms with E-state index in [-0.39, 0.29) is 24.4 Å². The van der Waals surface area contributed by atoms with Gasteiger partial charge in [-0.25, -0.2) is 4.79 Å². The SMILES string of the molecule is O=C1C(c2ccccc2)N(Cc2ccccc2)C(=O)N1CC(=O)N1CCCC1c1cccs1. The van der Waals surface area contributed by atoms with Crippen LogP contribution in [0, 0.1) is 0 Å². The number of amides is 4. The third-order valence-electron chi connectivity index (χ3n) is 6.34. The number of benzene rings is 2. The van der Waals surface area contributed by atoms with Crippen molar-refractivity contribution in [3.8, 4) is 0 Å². The largest absolute Gasteiger partial charge is 0.333 e. The van der Waals surface area contributed by atoms with Crippen molar-refractivity contribution in [3.63, 3.8) is 0 Å². The molecule has 2 unspecified atom stereocenters. The van der Waals surface area contributed by atoms with Crippen molar-refractivity contribution in [1.29, 1.82) is 0 Å². The molecule has 0 spiro atoms. The summed E-state index contributed by atoms with van der Waals surface area (Å²) in [6, 6.07) is 21.8. The van der Waals surface area contributed by atoms with Crippen LogP contribution >= 0.6 is 11.3 Å². The van der Waals surface area contributed by atoms with E-state index in [1.807, 2.05) is 83.1 Å². The van der Waals surface area contributed by atoms with E-state index < -0.39 is 12.1 Å². The van der Waals surface area contributed by atoms with Gasteiger partial charge >= 0.3 is 6.03 Å². The molecule has 7 heteroatoms. The second-order valence-electron chi connectivity index (χ2n) is 8.39. The van der Waals surface area contributed by atoms with Gasteiger partial charge in [0.2, 0.25) is 5.91 Å². The zero-order valence-corrected chi connectivity index (χ0v) is 19.0. The van der Waals surface area contributed by atoms with Crippen molar-refractivity contribution in [2.45, 2.75) is 31.5 Å². The van der Waals surface area contributed by atoms with Crippen LogP contribution in [0.1, 0.15) is 40.9 Å². The van der Waals surface area contributed by atoms with Crippen LogP contribution in [0.5, 0.6) is 0 Å². The molecule has 168 valence electrons. The molecule has 0 N–H and O–H groups in total. The van der Waals surface area contributed by atoms with E-state index in [4.69, 9.17) is 0 Å². The first kappa shape index (κ1) is 21.4. The lowest BCUT2D eigenvalue weighted by atomic mass is 10.1. The molecular formula is C26H25N3O3S. The summed E-state index contributed by atoms with van der Waals surface area (Å²) in [6.07, 6.45) is 1.82. The number of carbonyl (C=O) groups excluding carboxylic acids is 3. The predicted molar refractivity (Wildman–Crippen MR) is 126 cm³/mol. The maximum Gasteiger partial charge on any atom is 0.328 e. The van der Waals surface area contributed by atoms with Gasteiger partial charge in [0.05, 0.1) is 6.04 Å². The summed E-state index contributed by atoms with van der Waals surface area (Å²) in [7, 11) is 0. The Hall–Kier alpha value is -3.45. The summed E-state index contributed by atoms with van der Waals surface area (Å²) < 4.78 is 0. The van der Waals surface area contributed by atoms with Gasteiger partial charge in [0, 0.05) is 18.0 Å². The van der Waals surface area contributed by atoms with Gasteiger partial charge in [0.25, 0.3) is 5.91 Å². The van der Waals surface area contributed by atoms with Crippen molar-refractivity contribution in [2.75, 3.05) is 13.1 Å². The highest BCUT2D eigenvalue weighted by Crippen LogP contribution is 2.36. The quantitative estimate of drug-likeness (QED) is 0.506. The number of thiophene rings is 1. The topological polar surface area (TPSA) is 60.9 Å². The van der Waals surface area contributed by atoms with Crippen molar-refractivity contribution in [1.82, 2.24) is 14.7 Å². The molecule has 6 nitrogen and oxygen atoms in total. The molecule has 0 aliphatic carbocycles. The molecule has 3 aromatic rings. The lowest BCUT2D eigenvalue weighted by Crippen LogP contribution is -2.43. The van der Waals surface area contributed by atoms with Crippen molar-refractivity contribution in [2.24, 2.45) is 0 Å². The summed E-state index contributed by atoms with van der Waals surface area (Å²) in [5, 5.41) is 2.01. The van der Waals surface area contributed by atoms with E-state index in [0.29, 0.717) is 13.1 Å². The number of hydrogen-bond donors (Lipinski definition) is 0. The number of hydrogen-bond acceptors (Lipinski definition) is 4. The van der Waals surface area contributed by atoms with E-state index in [9.17, 15) is 14.4 Å². The Balaban J connectivity index is 1.40. The fourth-order valence-electron chi connectivity index (χ4n) is 4.75. The van der Waals surface area contributed by atoms with Crippen LogP contribution < -0.4 is 0 Å². The van der Waals surface area contributed by atoms with E-state index in [0.717, 1.165) is 33.7 Å². The molecule has 3 heterocycles. The van der Waals surface area contributed by atoms with Crippen molar-refractivity contribution in [3.05, 3.63) is 94.2 Å². The normalized spacial score (nSPS) is 20.7. The fourth-order valence-corrected chi connectivity index (χ4v) is 5.62. The molecule has 2 aliphatic heterocycles. The number of likely N-dealkylation sites (tertiary alicyclic amines) is 1. The van der Waals surface area contributed by atoms with Gasteiger partial charge in [-0.2, -0.15) is 0 Å². The number of imide groups is 1. The van der Waals surface area contributed by atoms with Crippen LogP contribution in [0.2, 0.25) is 0 Å². The summed E-state index contributed by atoms with van der Waals surface area (Å²) in [5.74, 6) is -0.525. The van der Waals surface area contributed by atoms with Crippen LogP contribution in [0.15, 0.2) is 78.2 Å². The second-order valence-corrected chi connectivity index (χ2v) is 9.37. The third-order valence-corrected chi connectivity index (χ3v) is 7.31. The molecule has 1 aromatic heterocycles. The Morgan fingerprint density at radius 2 is 1.67 bits per heavy atom.